The number of hydrogen-bond acceptors (Lipinski definition) is 5. The topological polar surface area (TPSA) is 133 Å². The van der Waals surface area contributed by atoms with Crippen LogP contribution in [0.15, 0.2) is 0 Å². The van der Waals surface area contributed by atoms with Gasteiger partial charge in [0, 0.05) is 13.0 Å². The van der Waals surface area contributed by atoms with E-state index in [1.165, 1.54) is 6.42 Å². The molecule has 1 unspecified atom stereocenters. The molecule has 0 aliphatic heterocycles. The summed E-state index contributed by atoms with van der Waals surface area (Å²) in [5.74, 6) is 0.0139. The van der Waals surface area contributed by atoms with Crippen LogP contribution in [0.1, 0.15) is 117 Å². The van der Waals surface area contributed by atoms with Crippen LogP contribution >= 0.6 is 0 Å². The van der Waals surface area contributed by atoms with E-state index < -0.39 is 29.6 Å². The first-order valence-electron chi connectivity index (χ1n) is 15.2. The molecule has 3 aliphatic carbocycles. The average molecular weight is 523 g/mol. The van der Waals surface area contributed by atoms with E-state index in [0.29, 0.717) is 31.1 Å². The fraction of sp³-hybridized carbons (Fsp3) is 0.933. The van der Waals surface area contributed by atoms with E-state index in [9.17, 15) is 24.9 Å². The second kappa shape index (κ2) is 14.3. The zero-order valence-corrected chi connectivity index (χ0v) is 23.4. The summed E-state index contributed by atoms with van der Waals surface area (Å²) < 4.78 is 0. The van der Waals surface area contributed by atoms with E-state index in [1.54, 1.807) is 0 Å². The van der Waals surface area contributed by atoms with Crippen molar-refractivity contribution in [2.24, 2.45) is 40.7 Å². The van der Waals surface area contributed by atoms with E-state index in [0.717, 1.165) is 70.6 Å². The Labute approximate surface area is 224 Å². The first-order valence-corrected chi connectivity index (χ1v) is 15.2. The predicted octanol–water partition coefficient (Wildman–Crippen LogP) is 4.06. The lowest BCUT2D eigenvalue weighted by atomic mass is 9.61. The number of nitrogens with one attached hydrogen (secondary N) is 1. The number of nitrogens with two attached hydrogens (primary N) is 1. The second-order valence-electron chi connectivity index (χ2n) is 13.1. The smallest absolute Gasteiger partial charge is 0.227 e. The highest BCUT2D eigenvalue weighted by Crippen LogP contribution is 2.51. The molecule has 3 saturated carbocycles. The molecular weight excluding hydrogens is 468 g/mol. The van der Waals surface area contributed by atoms with Crippen molar-refractivity contribution < 1.29 is 24.9 Å². The first kappa shape index (κ1) is 30.4. The highest BCUT2D eigenvalue weighted by molar-refractivity contribution is 5.89. The van der Waals surface area contributed by atoms with Gasteiger partial charge < -0.3 is 26.4 Å². The lowest BCUT2D eigenvalue weighted by Gasteiger charge is -2.45. The number of rotatable bonds is 15. The van der Waals surface area contributed by atoms with Crippen LogP contribution < -0.4 is 11.1 Å². The number of primary amides is 1. The Morgan fingerprint density at radius 3 is 2.03 bits per heavy atom. The molecule has 3 rings (SSSR count). The summed E-state index contributed by atoms with van der Waals surface area (Å²) in [6, 6.07) is -0.596. The Morgan fingerprint density at radius 2 is 1.51 bits per heavy atom. The maximum atomic E-state index is 14.4. The molecule has 214 valence electrons. The molecule has 37 heavy (non-hydrogen) atoms. The van der Waals surface area contributed by atoms with E-state index in [1.807, 2.05) is 13.8 Å². The summed E-state index contributed by atoms with van der Waals surface area (Å²) in [5.41, 5.74) is 4.70. The fourth-order valence-electron chi connectivity index (χ4n) is 7.42. The van der Waals surface area contributed by atoms with Gasteiger partial charge in [0.05, 0.1) is 17.6 Å². The number of amides is 2. The number of carbonyl (C=O) groups excluding carboxylic acids is 2. The van der Waals surface area contributed by atoms with Crippen molar-refractivity contribution in [1.82, 2.24) is 5.32 Å². The molecule has 0 aromatic carbocycles. The van der Waals surface area contributed by atoms with Crippen molar-refractivity contribution in [2.45, 2.75) is 135 Å². The Bertz CT molecular complexity index is 715. The quantitative estimate of drug-likeness (QED) is 0.221. The van der Waals surface area contributed by atoms with Gasteiger partial charge >= 0.3 is 0 Å². The number of hydrogen-bond donors (Lipinski definition) is 5. The van der Waals surface area contributed by atoms with Crippen LogP contribution in [0.25, 0.3) is 0 Å². The molecule has 6 N–H and O–H groups in total. The molecular formula is C30H54N2O5. The zero-order chi connectivity index (χ0) is 27.0. The maximum Gasteiger partial charge on any atom is 0.227 e. The lowest BCUT2D eigenvalue weighted by Crippen LogP contribution is -2.57. The summed E-state index contributed by atoms with van der Waals surface area (Å²) in [7, 11) is 0. The number of carbonyl (C=O) groups is 2. The van der Waals surface area contributed by atoms with Crippen LogP contribution in [-0.2, 0) is 9.59 Å². The van der Waals surface area contributed by atoms with Crippen LogP contribution in [0.4, 0.5) is 0 Å². The molecule has 0 radical (unpaired) electrons. The van der Waals surface area contributed by atoms with E-state index in [-0.39, 0.29) is 36.7 Å². The highest BCUT2D eigenvalue weighted by Gasteiger charge is 2.52. The molecule has 3 fully saturated rings. The van der Waals surface area contributed by atoms with Crippen molar-refractivity contribution in [3.63, 3.8) is 0 Å². The third-order valence-corrected chi connectivity index (χ3v) is 9.56. The van der Waals surface area contributed by atoms with Gasteiger partial charge in [-0.1, -0.05) is 90.9 Å². The van der Waals surface area contributed by atoms with Gasteiger partial charge in [-0.25, -0.2) is 0 Å². The Hall–Kier alpha value is -1.18. The molecule has 7 heteroatoms. The molecule has 0 aromatic heterocycles. The van der Waals surface area contributed by atoms with Crippen molar-refractivity contribution in [1.29, 1.82) is 0 Å². The minimum Gasteiger partial charge on any atom is -0.396 e. The van der Waals surface area contributed by atoms with Gasteiger partial charge in [0.25, 0.3) is 0 Å². The van der Waals surface area contributed by atoms with Crippen LogP contribution in [0.5, 0.6) is 0 Å². The molecule has 0 aromatic rings. The monoisotopic (exact) mass is 522 g/mol. The minimum absolute atomic E-state index is 0.0855. The molecule has 2 amide bonds. The van der Waals surface area contributed by atoms with E-state index >= 15 is 0 Å². The molecule has 0 heterocycles. The fourth-order valence-corrected chi connectivity index (χ4v) is 7.42. The van der Waals surface area contributed by atoms with Gasteiger partial charge in [-0.3, -0.25) is 9.59 Å². The lowest BCUT2D eigenvalue weighted by molar-refractivity contribution is -0.146. The molecule has 0 saturated heterocycles. The minimum atomic E-state index is -1.09. The molecule has 7 nitrogen and oxygen atoms in total. The first-order chi connectivity index (χ1) is 17.7. The summed E-state index contributed by atoms with van der Waals surface area (Å²) in [4.78, 5) is 26.8. The Balaban J connectivity index is 1.91. The second-order valence-corrected chi connectivity index (χ2v) is 13.1. The van der Waals surface area contributed by atoms with Gasteiger partial charge in [0.2, 0.25) is 11.8 Å². The molecule has 3 aliphatic rings. The normalized spacial score (nSPS) is 24.7. The van der Waals surface area contributed by atoms with Crippen molar-refractivity contribution in [3.05, 3.63) is 0 Å². The molecule has 0 spiro atoms. The predicted molar refractivity (Wildman–Crippen MR) is 145 cm³/mol. The van der Waals surface area contributed by atoms with Gasteiger partial charge in [-0.2, -0.15) is 0 Å². The van der Waals surface area contributed by atoms with Crippen molar-refractivity contribution >= 4 is 11.8 Å². The standard InChI is InChI=1S/C30H54N2O5/c1-20(2)15-26(34)28(36)25(16-21-9-5-3-6-10-21)32-29(37)30(18-27(31)35,17-22-13-14-22)24(19-33)23-11-7-4-8-12-23/h20-26,28,33-34,36H,3-19H2,1-2H3,(H2,31,35)(H,32,37)/t24?,25-,26-,28+,30+/m0/s1. The van der Waals surface area contributed by atoms with E-state index in [4.69, 9.17) is 5.73 Å². The largest absolute Gasteiger partial charge is 0.396 e. The third kappa shape index (κ3) is 8.66. The summed E-state index contributed by atoms with van der Waals surface area (Å²) >= 11 is 0. The van der Waals surface area contributed by atoms with Gasteiger partial charge in [0.15, 0.2) is 0 Å². The third-order valence-electron chi connectivity index (χ3n) is 9.56. The van der Waals surface area contributed by atoms with Crippen LogP contribution in [0.2, 0.25) is 0 Å². The van der Waals surface area contributed by atoms with Crippen LogP contribution in [-0.4, -0.2) is 52.0 Å². The van der Waals surface area contributed by atoms with Gasteiger partial charge in [-0.15, -0.1) is 0 Å². The zero-order valence-electron chi connectivity index (χ0n) is 23.4. The summed E-state index contributed by atoms with van der Waals surface area (Å²) in [5, 5.41) is 36.0. The van der Waals surface area contributed by atoms with Gasteiger partial charge in [-0.05, 0) is 48.9 Å². The number of aliphatic hydroxyl groups is 3. The van der Waals surface area contributed by atoms with Gasteiger partial charge in [0.1, 0.15) is 6.10 Å². The van der Waals surface area contributed by atoms with Crippen molar-refractivity contribution in [3.8, 4) is 0 Å². The van der Waals surface area contributed by atoms with Crippen LogP contribution in [0.3, 0.4) is 0 Å². The molecule has 5 atom stereocenters. The molecule has 0 bridgehead atoms. The average Bonchev–Trinajstić information content (AvgIpc) is 3.67. The number of aliphatic hydroxyl groups excluding tert-OH is 3. The van der Waals surface area contributed by atoms with E-state index in [2.05, 4.69) is 5.32 Å². The van der Waals surface area contributed by atoms with Crippen molar-refractivity contribution in [2.75, 3.05) is 6.61 Å². The Kier molecular flexibility index (Phi) is 11.7. The summed E-state index contributed by atoms with van der Waals surface area (Å²) in [6.07, 6.45) is 12.4. The van der Waals surface area contributed by atoms with Crippen LogP contribution in [0, 0.1) is 35.0 Å². The summed E-state index contributed by atoms with van der Waals surface area (Å²) in [6.45, 7) is 3.87. The Morgan fingerprint density at radius 1 is 0.919 bits per heavy atom. The maximum absolute atomic E-state index is 14.4. The highest BCUT2D eigenvalue weighted by atomic mass is 16.3. The SMILES string of the molecule is CC(C)C[C@H](O)[C@H](O)[C@H](CC1CCCCC1)NC(=O)[C@@](CC(N)=O)(CC1CC1)C(CO)C1CCCCC1.